The van der Waals surface area contributed by atoms with Gasteiger partial charge in [-0.25, -0.2) is 0 Å². The second kappa shape index (κ2) is 1.93. The summed E-state index contributed by atoms with van der Waals surface area (Å²) in [7, 11) is 3.62. The number of aromatic nitrogens is 2. The van der Waals surface area contributed by atoms with Crippen LogP contribution in [0.15, 0.2) is 10.7 Å². The molecule has 0 spiro atoms. The second-order valence-electron chi connectivity index (χ2n) is 1.83. The van der Waals surface area contributed by atoms with Gasteiger partial charge in [0, 0.05) is 0 Å². The Morgan fingerprint density at radius 2 is 2.44 bits per heavy atom. The van der Waals surface area contributed by atoms with Crippen LogP contribution in [0.3, 0.4) is 0 Å². The van der Waals surface area contributed by atoms with E-state index in [2.05, 4.69) is 9.79 Å². The first-order chi connectivity index (χ1) is 4.20. The molecule has 1 rings (SSSR count). The quantitative estimate of drug-likeness (QED) is 0.454. The molecule has 0 amide bonds. The van der Waals surface area contributed by atoms with Crippen molar-refractivity contribution in [3.63, 3.8) is 0 Å². The minimum absolute atomic E-state index is 0.0590. The third-order valence-corrected chi connectivity index (χ3v) is 0.865. The van der Waals surface area contributed by atoms with Crippen molar-refractivity contribution in [1.82, 2.24) is 5.27 Å². The Labute approximate surface area is 51.9 Å². The van der Waals surface area contributed by atoms with Crippen molar-refractivity contribution in [2.24, 2.45) is 0 Å². The molecular weight excluding hydrogens is 120 g/mol. The molecule has 5 heteroatoms. The van der Waals surface area contributed by atoms with Crippen LogP contribution in [0.4, 0.5) is 0 Å². The van der Waals surface area contributed by atoms with Gasteiger partial charge in [-0.1, -0.05) is 4.79 Å². The van der Waals surface area contributed by atoms with E-state index >= 15 is 0 Å². The lowest BCUT2D eigenvalue weighted by Gasteiger charge is -2.05. The highest BCUT2D eigenvalue weighted by atomic mass is 16.5. The Kier molecular flexibility index (Phi) is 1.26. The first kappa shape index (κ1) is 5.87. The van der Waals surface area contributed by atoms with Gasteiger partial charge in [-0.2, -0.15) is 0 Å². The van der Waals surface area contributed by atoms with Gasteiger partial charge in [0.05, 0.1) is 0 Å². The second-order valence-corrected chi connectivity index (χ2v) is 1.83. The average molecular weight is 128 g/mol. The monoisotopic (exact) mass is 128 g/mol. The summed E-state index contributed by atoms with van der Waals surface area (Å²) < 4.78 is 4.46. The van der Waals surface area contributed by atoms with Crippen LogP contribution < -0.4 is 20.6 Å². The minimum atomic E-state index is 0.0590. The van der Waals surface area contributed by atoms with Crippen molar-refractivity contribution in [3.05, 3.63) is 11.8 Å². The maximum absolute atomic E-state index is 6.93. The smallest absolute Gasteiger partial charge is 0.286 e. The van der Waals surface area contributed by atoms with Gasteiger partial charge in [0.15, 0.2) is 0 Å². The van der Waals surface area contributed by atoms with Gasteiger partial charge in [0.2, 0.25) is 0 Å². The molecule has 1 heterocycles. The summed E-state index contributed by atoms with van der Waals surface area (Å²) in [6.07, 6.45) is 1.47. The highest BCUT2D eigenvalue weighted by Gasteiger charge is 1.95. The number of nitrogens with zero attached hydrogens (tertiary/aromatic N) is 3. The molecule has 1 aromatic rings. The van der Waals surface area contributed by atoms with Gasteiger partial charge in [-0.05, 0) is 19.4 Å². The van der Waals surface area contributed by atoms with Crippen LogP contribution in [0, 0.1) is 5.41 Å². The largest absolute Gasteiger partial charge is 0.380 e. The topological polar surface area (TPSA) is 58.2 Å². The normalized spacial score (nSPS) is 9.56. The summed E-state index contributed by atoms with van der Waals surface area (Å²) in [6.45, 7) is 0. The van der Waals surface area contributed by atoms with Gasteiger partial charge in [-0.3, -0.25) is 10.4 Å². The Morgan fingerprint density at radius 3 is 2.67 bits per heavy atom. The van der Waals surface area contributed by atoms with Crippen molar-refractivity contribution in [1.29, 1.82) is 5.41 Å². The molecular formula is C4H8N4O. The van der Waals surface area contributed by atoms with Crippen LogP contribution in [0.1, 0.15) is 0 Å². The van der Waals surface area contributed by atoms with Crippen molar-refractivity contribution in [2.45, 2.75) is 0 Å². The molecule has 0 aromatic carbocycles. The summed E-state index contributed by atoms with van der Waals surface area (Å²) in [6, 6.07) is 0. The predicted molar refractivity (Wildman–Crippen MR) is 28.1 cm³/mol. The van der Waals surface area contributed by atoms with E-state index in [4.69, 9.17) is 5.41 Å². The third-order valence-electron chi connectivity index (χ3n) is 0.865. The third kappa shape index (κ3) is 1.10. The molecule has 0 fully saturated rings. The zero-order chi connectivity index (χ0) is 6.85. The van der Waals surface area contributed by atoms with Gasteiger partial charge in [-0.15, -0.1) is 0 Å². The molecule has 5 nitrogen and oxygen atoms in total. The lowest BCUT2D eigenvalue weighted by atomic mass is 10.9. The van der Waals surface area contributed by atoms with Crippen LogP contribution in [0.25, 0.3) is 0 Å². The summed E-state index contributed by atoms with van der Waals surface area (Å²) in [5.41, 5.74) is 0.0590. The first-order valence-corrected chi connectivity index (χ1v) is 2.48. The van der Waals surface area contributed by atoms with Gasteiger partial charge < -0.3 is 4.52 Å². The van der Waals surface area contributed by atoms with Crippen LogP contribution in [0.5, 0.6) is 0 Å². The lowest BCUT2D eigenvalue weighted by molar-refractivity contribution is -0.758. The average Bonchev–Trinajstić information content (AvgIpc) is 2.14. The highest BCUT2D eigenvalue weighted by Crippen LogP contribution is 1.55. The Hall–Kier alpha value is -1.26. The molecule has 0 radical (unpaired) electrons. The minimum Gasteiger partial charge on any atom is -0.380 e. The zero-order valence-electron chi connectivity index (χ0n) is 5.33. The number of hydrogen-bond donors (Lipinski definition) is 1. The van der Waals surface area contributed by atoms with E-state index in [0.29, 0.717) is 0 Å². The Balaban J connectivity index is 2.98. The van der Waals surface area contributed by atoms with Crippen LogP contribution in [-0.4, -0.2) is 14.1 Å². The zero-order valence-corrected chi connectivity index (χ0v) is 5.33. The number of nitrogens with one attached hydrogen (secondary N) is 1. The van der Waals surface area contributed by atoms with Crippen LogP contribution in [0.2, 0.25) is 0 Å². The molecule has 0 aliphatic heterocycles. The van der Waals surface area contributed by atoms with Gasteiger partial charge >= 0.3 is 0 Å². The van der Waals surface area contributed by atoms with E-state index in [0.717, 1.165) is 0 Å². The molecule has 0 bridgehead atoms. The van der Waals surface area contributed by atoms with Crippen LogP contribution in [-0.2, 0) is 0 Å². The summed E-state index contributed by atoms with van der Waals surface area (Å²) in [4.78, 5) is 1.43. The lowest BCUT2D eigenvalue weighted by Crippen LogP contribution is -2.55. The SMILES string of the molecule is CN(C)[n+]1cc(=N)o[n-]1. The van der Waals surface area contributed by atoms with Gasteiger partial charge in [0.25, 0.3) is 11.8 Å². The fourth-order valence-corrected chi connectivity index (χ4v) is 0.426. The predicted octanol–water partition coefficient (Wildman–Crippen LogP) is -1.80. The Bertz CT molecular complexity index is 235. The van der Waals surface area contributed by atoms with Crippen molar-refractivity contribution < 1.29 is 9.31 Å². The van der Waals surface area contributed by atoms with Crippen molar-refractivity contribution >= 4 is 0 Å². The van der Waals surface area contributed by atoms with E-state index < -0.39 is 0 Å². The molecule has 9 heavy (non-hydrogen) atoms. The molecule has 0 atom stereocenters. The maximum Gasteiger partial charge on any atom is 0.286 e. The molecule has 0 saturated heterocycles. The molecule has 0 saturated carbocycles. The van der Waals surface area contributed by atoms with Crippen LogP contribution >= 0.6 is 0 Å². The van der Waals surface area contributed by atoms with Gasteiger partial charge in [0.1, 0.15) is 0 Å². The summed E-state index contributed by atoms with van der Waals surface area (Å²) >= 11 is 0. The number of rotatable bonds is 1. The molecule has 1 aromatic heterocycles. The van der Waals surface area contributed by atoms with E-state index in [-0.39, 0.29) is 5.55 Å². The van der Waals surface area contributed by atoms with E-state index in [1.165, 1.54) is 11.0 Å². The first-order valence-electron chi connectivity index (χ1n) is 2.48. The molecule has 50 valence electrons. The molecule has 1 N–H and O–H groups in total. The number of hydrogen-bond acceptors (Lipinski definition) is 3. The standard InChI is InChI=1S/C4H8N4O/c1-7(2)8-3-4(5)9-6-8/h3,5H,1-2H3. The Morgan fingerprint density at radius 1 is 1.78 bits per heavy atom. The van der Waals surface area contributed by atoms with E-state index in [1.54, 1.807) is 5.01 Å². The summed E-state index contributed by atoms with van der Waals surface area (Å²) in [5.74, 6) is 0. The fourth-order valence-electron chi connectivity index (χ4n) is 0.426. The van der Waals surface area contributed by atoms with E-state index in [9.17, 15) is 0 Å². The van der Waals surface area contributed by atoms with E-state index in [1.807, 2.05) is 14.1 Å². The van der Waals surface area contributed by atoms with Crippen molar-refractivity contribution in [3.8, 4) is 0 Å². The maximum atomic E-state index is 6.93. The molecule has 0 aliphatic carbocycles. The molecule has 0 unspecified atom stereocenters. The molecule has 0 aliphatic rings. The highest BCUT2D eigenvalue weighted by molar-refractivity contribution is 4.46. The summed E-state index contributed by atoms with van der Waals surface area (Å²) in [5, 5.41) is 12.1. The van der Waals surface area contributed by atoms with Crippen molar-refractivity contribution in [2.75, 3.05) is 19.1 Å². The fraction of sp³-hybridized carbons (Fsp3) is 0.500.